The van der Waals surface area contributed by atoms with Gasteiger partial charge in [-0.15, -0.1) is 0 Å². The molecule has 7 heteroatoms. The number of nitrogens with one attached hydrogen (secondary N) is 1. The van der Waals surface area contributed by atoms with Gasteiger partial charge in [-0.05, 0) is 54.9 Å². The number of carbonyl (C=O) groups is 3. The third-order valence-corrected chi connectivity index (χ3v) is 6.65. The molecule has 2 aromatic carbocycles. The van der Waals surface area contributed by atoms with Gasteiger partial charge in [-0.2, -0.15) is 0 Å². The van der Waals surface area contributed by atoms with Crippen molar-refractivity contribution in [2.24, 2.45) is 0 Å². The van der Waals surface area contributed by atoms with E-state index in [0.29, 0.717) is 13.0 Å². The molecule has 2 amide bonds. The van der Waals surface area contributed by atoms with Crippen molar-refractivity contribution in [3.05, 3.63) is 59.7 Å². The Hall–Kier alpha value is -3.35. The number of nitrogens with zero attached hydrogens (tertiary/aromatic N) is 1. The van der Waals surface area contributed by atoms with Gasteiger partial charge in [0, 0.05) is 24.9 Å². The molecule has 2 N–H and O–H groups in total. The number of fused-ring (bicyclic) bond motifs is 3. The van der Waals surface area contributed by atoms with Crippen LogP contribution in [-0.4, -0.2) is 53.2 Å². The minimum atomic E-state index is -0.863. The Balaban J connectivity index is 1.35. The Morgan fingerprint density at radius 2 is 1.70 bits per heavy atom. The molecular weight excluding hydrogens is 420 g/mol. The number of rotatable bonds is 7. The average Bonchev–Trinajstić information content (AvgIpc) is 3.15. The summed E-state index contributed by atoms with van der Waals surface area (Å²) in [6, 6.07) is 15.4. The Kier molecular flexibility index (Phi) is 6.96. The first kappa shape index (κ1) is 22.8. The summed E-state index contributed by atoms with van der Waals surface area (Å²) >= 11 is 0. The molecular formula is C26H30N2O5. The molecule has 2 aromatic rings. The third kappa shape index (κ3) is 5.02. The van der Waals surface area contributed by atoms with Crippen molar-refractivity contribution in [2.75, 3.05) is 13.2 Å². The van der Waals surface area contributed by atoms with Gasteiger partial charge in [0.15, 0.2) is 0 Å². The average molecular weight is 451 g/mol. The van der Waals surface area contributed by atoms with E-state index in [2.05, 4.69) is 29.6 Å². The fraction of sp³-hybridized carbons (Fsp3) is 0.423. The van der Waals surface area contributed by atoms with E-state index in [9.17, 15) is 14.4 Å². The first-order chi connectivity index (χ1) is 16.0. The highest BCUT2D eigenvalue weighted by Gasteiger charge is 2.32. The summed E-state index contributed by atoms with van der Waals surface area (Å²) < 4.78 is 5.56. The number of piperidine rings is 1. The maximum Gasteiger partial charge on any atom is 0.407 e. The standard InChI is InChI=1S/C26H30N2O5/c1-17(25(31)28-15-7-6-8-18(28)13-14-24(29)30)27-26(32)33-16-23-21-11-4-2-9-19(21)20-10-3-5-12-22(20)23/h2-5,9-12,17-18,23H,6-8,13-16H2,1H3,(H,27,32)(H,29,30)/t17-,18?/m1/s1. The molecule has 7 nitrogen and oxygen atoms in total. The topological polar surface area (TPSA) is 95.9 Å². The molecule has 4 rings (SSSR count). The van der Waals surface area contributed by atoms with Crippen LogP contribution in [0.3, 0.4) is 0 Å². The number of benzene rings is 2. The lowest BCUT2D eigenvalue weighted by atomic mass is 9.97. The summed E-state index contributed by atoms with van der Waals surface area (Å²) in [5.74, 6) is -1.10. The highest BCUT2D eigenvalue weighted by molar-refractivity contribution is 5.86. The summed E-state index contributed by atoms with van der Waals surface area (Å²) in [4.78, 5) is 38.2. The van der Waals surface area contributed by atoms with Crippen molar-refractivity contribution in [3.8, 4) is 11.1 Å². The quantitative estimate of drug-likeness (QED) is 0.660. The zero-order valence-corrected chi connectivity index (χ0v) is 18.8. The molecule has 1 heterocycles. The van der Waals surface area contributed by atoms with Crippen LogP contribution < -0.4 is 5.32 Å². The molecule has 0 spiro atoms. The van der Waals surface area contributed by atoms with Crippen LogP contribution in [-0.2, 0) is 14.3 Å². The number of amides is 2. The largest absolute Gasteiger partial charge is 0.481 e. The number of hydrogen-bond donors (Lipinski definition) is 2. The van der Waals surface area contributed by atoms with E-state index in [0.717, 1.165) is 41.5 Å². The zero-order chi connectivity index (χ0) is 23.4. The number of carboxylic acids is 1. The van der Waals surface area contributed by atoms with Crippen LogP contribution >= 0.6 is 0 Å². The fourth-order valence-corrected chi connectivity index (χ4v) is 5.01. The molecule has 2 atom stereocenters. The Morgan fingerprint density at radius 3 is 2.33 bits per heavy atom. The predicted molar refractivity (Wildman–Crippen MR) is 124 cm³/mol. The molecule has 0 bridgehead atoms. The molecule has 1 aliphatic carbocycles. The van der Waals surface area contributed by atoms with E-state index in [1.807, 2.05) is 24.3 Å². The first-order valence-electron chi connectivity index (χ1n) is 11.6. The lowest BCUT2D eigenvalue weighted by Gasteiger charge is -2.37. The highest BCUT2D eigenvalue weighted by atomic mass is 16.5. The SMILES string of the molecule is C[C@@H](NC(=O)OCC1c2ccccc2-c2ccccc21)C(=O)N1CCCCC1CCC(=O)O. The second kappa shape index (κ2) is 10.1. The number of carboxylic acid groups (broad SMARTS) is 1. The summed E-state index contributed by atoms with van der Waals surface area (Å²) in [7, 11) is 0. The van der Waals surface area contributed by atoms with E-state index >= 15 is 0 Å². The monoisotopic (exact) mass is 450 g/mol. The minimum absolute atomic E-state index is 0.0304. The highest BCUT2D eigenvalue weighted by Crippen LogP contribution is 2.44. The molecule has 33 heavy (non-hydrogen) atoms. The smallest absolute Gasteiger partial charge is 0.407 e. The Bertz CT molecular complexity index is 991. The van der Waals surface area contributed by atoms with E-state index in [1.54, 1.807) is 11.8 Å². The van der Waals surface area contributed by atoms with Gasteiger partial charge in [-0.25, -0.2) is 4.79 Å². The van der Waals surface area contributed by atoms with Crippen molar-refractivity contribution in [1.82, 2.24) is 10.2 Å². The summed E-state index contributed by atoms with van der Waals surface area (Å²) in [5.41, 5.74) is 4.57. The fourth-order valence-electron chi connectivity index (χ4n) is 5.01. The van der Waals surface area contributed by atoms with Gasteiger partial charge < -0.3 is 20.1 Å². The third-order valence-electron chi connectivity index (χ3n) is 6.65. The van der Waals surface area contributed by atoms with Crippen molar-refractivity contribution < 1.29 is 24.2 Å². The van der Waals surface area contributed by atoms with Crippen LogP contribution in [0.2, 0.25) is 0 Å². The molecule has 0 radical (unpaired) electrons. The van der Waals surface area contributed by atoms with Gasteiger partial charge in [-0.3, -0.25) is 9.59 Å². The van der Waals surface area contributed by atoms with Gasteiger partial charge in [0.2, 0.25) is 5.91 Å². The van der Waals surface area contributed by atoms with Gasteiger partial charge in [0.05, 0.1) is 0 Å². The van der Waals surface area contributed by atoms with Crippen molar-refractivity contribution in [2.45, 2.75) is 57.0 Å². The lowest BCUT2D eigenvalue weighted by Crippen LogP contribution is -2.52. The van der Waals surface area contributed by atoms with Gasteiger partial charge in [0.25, 0.3) is 0 Å². The van der Waals surface area contributed by atoms with Gasteiger partial charge in [-0.1, -0.05) is 48.5 Å². The number of carbonyl (C=O) groups excluding carboxylic acids is 2. The van der Waals surface area contributed by atoms with E-state index in [1.165, 1.54) is 0 Å². The number of alkyl carbamates (subject to hydrolysis) is 1. The van der Waals surface area contributed by atoms with Crippen molar-refractivity contribution in [1.29, 1.82) is 0 Å². The summed E-state index contributed by atoms with van der Waals surface area (Å²) in [5, 5.41) is 11.7. The minimum Gasteiger partial charge on any atom is -0.481 e. The normalized spacial score (nSPS) is 18.2. The van der Waals surface area contributed by atoms with Gasteiger partial charge in [0.1, 0.15) is 12.6 Å². The lowest BCUT2D eigenvalue weighted by molar-refractivity contribution is -0.140. The van der Waals surface area contributed by atoms with Crippen LogP contribution in [0.1, 0.15) is 56.1 Å². The van der Waals surface area contributed by atoms with E-state index in [-0.39, 0.29) is 30.9 Å². The number of hydrogen-bond acceptors (Lipinski definition) is 4. The van der Waals surface area contributed by atoms with Gasteiger partial charge >= 0.3 is 12.1 Å². The molecule has 2 aliphatic rings. The maximum absolute atomic E-state index is 13.0. The Morgan fingerprint density at radius 1 is 1.06 bits per heavy atom. The van der Waals surface area contributed by atoms with Crippen LogP contribution in [0.15, 0.2) is 48.5 Å². The maximum atomic E-state index is 13.0. The van der Waals surface area contributed by atoms with E-state index in [4.69, 9.17) is 9.84 Å². The number of likely N-dealkylation sites (tertiary alicyclic amines) is 1. The summed E-state index contributed by atoms with van der Waals surface area (Å²) in [6.07, 6.45) is 2.48. The Labute approximate surface area is 193 Å². The predicted octanol–water partition coefficient (Wildman–Crippen LogP) is 4.16. The van der Waals surface area contributed by atoms with Crippen LogP contribution in [0.25, 0.3) is 11.1 Å². The van der Waals surface area contributed by atoms with E-state index < -0.39 is 18.1 Å². The second-order valence-electron chi connectivity index (χ2n) is 8.81. The molecule has 1 unspecified atom stereocenters. The second-order valence-corrected chi connectivity index (χ2v) is 8.81. The number of aliphatic carboxylic acids is 1. The molecule has 0 aromatic heterocycles. The van der Waals surface area contributed by atoms with Crippen LogP contribution in [0.5, 0.6) is 0 Å². The van der Waals surface area contributed by atoms with Crippen molar-refractivity contribution in [3.63, 3.8) is 0 Å². The zero-order valence-electron chi connectivity index (χ0n) is 18.8. The molecule has 1 aliphatic heterocycles. The molecule has 1 saturated heterocycles. The van der Waals surface area contributed by atoms with Crippen LogP contribution in [0.4, 0.5) is 4.79 Å². The van der Waals surface area contributed by atoms with Crippen molar-refractivity contribution >= 4 is 18.0 Å². The first-order valence-corrected chi connectivity index (χ1v) is 11.6. The number of ether oxygens (including phenoxy) is 1. The molecule has 174 valence electrons. The summed E-state index contributed by atoms with van der Waals surface area (Å²) in [6.45, 7) is 2.41. The molecule has 0 saturated carbocycles. The molecule has 1 fully saturated rings. The van der Waals surface area contributed by atoms with Crippen LogP contribution in [0, 0.1) is 0 Å².